The van der Waals surface area contributed by atoms with E-state index in [4.69, 9.17) is 4.74 Å². The van der Waals surface area contributed by atoms with E-state index in [1.54, 1.807) is 13.8 Å². The van der Waals surface area contributed by atoms with Crippen LogP contribution in [0.3, 0.4) is 0 Å². The Morgan fingerprint density at radius 3 is 3.00 bits per heavy atom. The summed E-state index contributed by atoms with van der Waals surface area (Å²) in [5.74, 6) is 0.774. The van der Waals surface area contributed by atoms with Gasteiger partial charge < -0.3 is 9.84 Å². The fraction of sp³-hybridized carbons (Fsp3) is 0.667. The highest BCUT2D eigenvalue weighted by Crippen LogP contribution is 2.17. The normalized spacial score (nSPS) is 21.7. The largest absolute Gasteiger partial charge is 0.391 e. The van der Waals surface area contributed by atoms with E-state index in [0.29, 0.717) is 31.3 Å². The molecular weight excluding hydrogens is 220 g/mol. The summed E-state index contributed by atoms with van der Waals surface area (Å²) >= 11 is 0. The van der Waals surface area contributed by atoms with Crippen LogP contribution in [0.2, 0.25) is 0 Å². The summed E-state index contributed by atoms with van der Waals surface area (Å²) in [6, 6.07) is 1.49. The summed E-state index contributed by atoms with van der Waals surface area (Å²) in [5.41, 5.74) is 0.607. The van der Waals surface area contributed by atoms with E-state index < -0.39 is 6.10 Å². The van der Waals surface area contributed by atoms with Gasteiger partial charge in [0.15, 0.2) is 0 Å². The average molecular weight is 238 g/mol. The van der Waals surface area contributed by atoms with Crippen molar-refractivity contribution < 1.29 is 9.84 Å². The minimum atomic E-state index is -0.543. The Morgan fingerprint density at radius 1 is 1.65 bits per heavy atom. The Kier molecular flexibility index (Phi) is 3.59. The van der Waals surface area contributed by atoms with Crippen molar-refractivity contribution in [1.82, 2.24) is 9.55 Å². The Bertz CT molecular complexity index is 450. The zero-order valence-corrected chi connectivity index (χ0v) is 10.2. The van der Waals surface area contributed by atoms with Crippen LogP contribution in [0.15, 0.2) is 10.9 Å². The standard InChI is InChI=1S/C12H18N2O3/c1-8-5-12(16)14(9(2)13-8)6-11(15)10-3-4-17-7-10/h5,10-11,15H,3-4,6-7H2,1-2H3. The molecule has 2 atom stereocenters. The van der Waals surface area contributed by atoms with Crippen molar-refractivity contribution in [3.8, 4) is 0 Å². The Balaban J connectivity index is 2.15. The molecule has 2 rings (SSSR count). The maximum atomic E-state index is 11.8. The molecule has 17 heavy (non-hydrogen) atoms. The van der Waals surface area contributed by atoms with Gasteiger partial charge in [-0.2, -0.15) is 0 Å². The van der Waals surface area contributed by atoms with Gasteiger partial charge in [-0.05, 0) is 20.3 Å². The first-order valence-corrected chi connectivity index (χ1v) is 5.89. The third-order valence-corrected chi connectivity index (χ3v) is 3.21. The van der Waals surface area contributed by atoms with Crippen molar-refractivity contribution in [2.45, 2.75) is 32.9 Å². The van der Waals surface area contributed by atoms with Crippen LogP contribution < -0.4 is 5.56 Å². The highest BCUT2D eigenvalue weighted by atomic mass is 16.5. The Morgan fingerprint density at radius 2 is 2.41 bits per heavy atom. The highest BCUT2D eigenvalue weighted by molar-refractivity contribution is 5.01. The number of aliphatic hydroxyl groups is 1. The van der Waals surface area contributed by atoms with Gasteiger partial charge in [0.1, 0.15) is 5.82 Å². The number of aliphatic hydroxyl groups excluding tert-OH is 1. The quantitative estimate of drug-likeness (QED) is 0.820. The molecule has 1 aliphatic heterocycles. The van der Waals surface area contributed by atoms with Crippen LogP contribution in [0.4, 0.5) is 0 Å². The van der Waals surface area contributed by atoms with Crippen molar-refractivity contribution in [2.75, 3.05) is 13.2 Å². The second-order valence-corrected chi connectivity index (χ2v) is 4.58. The molecule has 1 aromatic rings. The van der Waals surface area contributed by atoms with Crippen LogP contribution in [0, 0.1) is 19.8 Å². The van der Waals surface area contributed by atoms with E-state index in [9.17, 15) is 9.90 Å². The molecular formula is C12H18N2O3. The van der Waals surface area contributed by atoms with Gasteiger partial charge >= 0.3 is 0 Å². The Hall–Kier alpha value is -1.20. The van der Waals surface area contributed by atoms with Crippen LogP contribution in [0.5, 0.6) is 0 Å². The molecule has 0 amide bonds. The first kappa shape index (κ1) is 12.3. The van der Waals surface area contributed by atoms with Gasteiger partial charge in [-0.3, -0.25) is 9.36 Å². The zero-order valence-electron chi connectivity index (χ0n) is 10.2. The van der Waals surface area contributed by atoms with E-state index in [2.05, 4.69) is 4.98 Å². The van der Waals surface area contributed by atoms with Crippen molar-refractivity contribution in [3.63, 3.8) is 0 Å². The SMILES string of the molecule is Cc1cc(=O)n(CC(O)C2CCOC2)c(C)n1. The number of hydrogen-bond donors (Lipinski definition) is 1. The van der Waals surface area contributed by atoms with Gasteiger partial charge in [0.05, 0.1) is 19.3 Å². The molecule has 1 saturated heterocycles. The lowest BCUT2D eigenvalue weighted by molar-refractivity contribution is 0.0761. The molecule has 1 aromatic heterocycles. The van der Waals surface area contributed by atoms with Gasteiger partial charge in [0.25, 0.3) is 5.56 Å². The second kappa shape index (κ2) is 4.98. The van der Waals surface area contributed by atoms with Crippen LogP contribution in [-0.4, -0.2) is 34.0 Å². The topological polar surface area (TPSA) is 64.4 Å². The van der Waals surface area contributed by atoms with E-state index >= 15 is 0 Å². The first-order valence-electron chi connectivity index (χ1n) is 5.89. The minimum absolute atomic E-state index is 0.104. The fourth-order valence-electron chi connectivity index (χ4n) is 2.18. The van der Waals surface area contributed by atoms with Gasteiger partial charge in [-0.1, -0.05) is 0 Å². The van der Waals surface area contributed by atoms with Gasteiger partial charge in [0, 0.05) is 24.3 Å². The minimum Gasteiger partial charge on any atom is -0.391 e. The van der Waals surface area contributed by atoms with E-state index in [-0.39, 0.29) is 11.5 Å². The second-order valence-electron chi connectivity index (χ2n) is 4.58. The highest BCUT2D eigenvalue weighted by Gasteiger charge is 2.24. The summed E-state index contributed by atoms with van der Waals surface area (Å²) < 4.78 is 6.76. The molecule has 2 unspecified atom stereocenters. The van der Waals surface area contributed by atoms with Crippen LogP contribution >= 0.6 is 0 Å². The summed E-state index contributed by atoms with van der Waals surface area (Å²) in [7, 11) is 0. The third-order valence-electron chi connectivity index (χ3n) is 3.21. The van der Waals surface area contributed by atoms with Crippen molar-refractivity contribution in [3.05, 3.63) is 27.9 Å². The molecule has 0 bridgehead atoms. The fourth-order valence-corrected chi connectivity index (χ4v) is 2.18. The van der Waals surface area contributed by atoms with Gasteiger partial charge in [0.2, 0.25) is 0 Å². The average Bonchev–Trinajstić information content (AvgIpc) is 2.76. The monoisotopic (exact) mass is 238 g/mol. The molecule has 1 fully saturated rings. The molecule has 0 aliphatic carbocycles. The van der Waals surface area contributed by atoms with Crippen LogP contribution in [-0.2, 0) is 11.3 Å². The number of hydrogen-bond acceptors (Lipinski definition) is 4. The molecule has 5 heteroatoms. The van der Waals surface area contributed by atoms with Crippen molar-refractivity contribution in [1.29, 1.82) is 0 Å². The van der Waals surface area contributed by atoms with E-state index in [1.807, 2.05) is 0 Å². The number of aryl methyl sites for hydroxylation is 2. The molecule has 0 spiro atoms. The molecule has 94 valence electrons. The molecule has 0 aromatic carbocycles. The molecule has 1 N–H and O–H groups in total. The third kappa shape index (κ3) is 2.73. The van der Waals surface area contributed by atoms with Crippen molar-refractivity contribution >= 4 is 0 Å². The summed E-state index contributed by atoms with van der Waals surface area (Å²) in [6.45, 7) is 5.15. The lowest BCUT2D eigenvalue weighted by atomic mass is 10.0. The summed E-state index contributed by atoms with van der Waals surface area (Å²) in [4.78, 5) is 16.0. The Labute approximate surface area is 100 Å². The molecule has 0 radical (unpaired) electrons. The van der Waals surface area contributed by atoms with Crippen LogP contribution in [0.25, 0.3) is 0 Å². The number of ether oxygens (including phenoxy) is 1. The van der Waals surface area contributed by atoms with Gasteiger partial charge in [-0.25, -0.2) is 4.98 Å². The predicted molar refractivity (Wildman–Crippen MR) is 62.9 cm³/mol. The molecule has 5 nitrogen and oxygen atoms in total. The molecule has 2 heterocycles. The van der Waals surface area contributed by atoms with Crippen molar-refractivity contribution in [2.24, 2.45) is 5.92 Å². The molecule has 1 aliphatic rings. The van der Waals surface area contributed by atoms with E-state index in [1.165, 1.54) is 10.6 Å². The number of aromatic nitrogens is 2. The first-order chi connectivity index (χ1) is 8.08. The number of nitrogens with zero attached hydrogens (tertiary/aromatic N) is 2. The summed E-state index contributed by atoms with van der Waals surface area (Å²) in [5, 5.41) is 10.1. The summed E-state index contributed by atoms with van der Waals surface area (Å²) in [6.07, 6.45) is 0.312. The molecule has 0 saturated carbocycles. The maximum absolute atomic E-state index is 11.8. The van der Waals surface area contributed by atoms with Gasteiger partial charge in [-0.15, -0.1) is 0 Å². The van der Waals surface area contributed by atoms with Crippen LogP contribution in [0.1, 0.15) is 17.9 Å². The maximum Gasteiger partial charge on any atom is 0.253 e. The van der Waals surface area contributed by atoms with E-state index in [0.717, 1.165) is 6.42 Å². The zero-order chi connectivity index (χ0) is 12.4. The number of rotatable bonds is 3. The smallest absolute Gasteiger partial charge is 0.253 e. The lowest BCUT2D eigenvalue weighted by Crippen LogP contribution is -2.33. The predicted octanol–water partition coefficient (Wildman–Crippen LogP) is 0.258. The lowest BCUT2D eigenvalue weighted by Gasteiger charge is -2.18.